The van der Waals surface area contributed by atoms with Crippen molar-refractivity contribution in [2.24, 2.45) is 27.9 Å². The first-order chi connectivity index (χ1) is 28.7. The van der Waals surface area contributed by atoms with Gasteiger partial charge in [-0.2, -0.15) is 0 Å². The van der Waals surface area contributed by atoms with Crippen LogP contribution in [-0.4, -0.2) is 154 Å². The molecule has 25 nitrogen and oxygen atoms in total. The van der Waals surface area contributed by atoms with Gasteiger partial charge in [0.15, 0.2) is 5.96 Å². The summed E-state index contributed by atoms with van der Waals surface area (Å²) in [6, 6.07) is -0.538. The second-order valence-electron chi connectivity index (χ2n) is 14.0. The van der Waals surface area contributed by atoms with Gasteiger partial charge >= 0.3 is 11.9 Å². The van der Waals surface area contributed by atoms with Crippen molar-refractivity contribution in [3.63, 3.8) is 0 Å². The quantitative estimate of drug-likeness (QED) is 0.0247. The van der Waals surface area contributed by atoms with Gasteiger partial charge in [0.1, 0.15) is 36.3 Å². The molecule has 1 saturated heterocycles. The predicted molar refractivity (Wildman–Crippen MR) is 212 cm³/mol. The van der Waals surface area contributed by atoms with E-state index in [1.807, 2.05) is 0 Å². The van der Waals surface area contributed by atoms with Crippen LogP contribution in [0.15, 0.2) is 35.3 Å². The predicted octanol–water partition coefficient (Wildman–Crippen LogP) is -6.41. The van der Waals surface area contributed by atoms with Crippen LogP contribution < -0.4 is 54.8 Å². The lowest BCUT2D eigenvalue weighted by Crippen LogP contribution is -2.59. The number of carbonyl (C=O) groups excluding carboxylic acids is 8. The van der Waals surface area contributed by atoms with Gasteiger partial charge in [0, 0.05) is 19.5 Å². The zero-order valence-corrected chi connectivity index (χ0v) is 33.3. The molecule has 0 radical (unpaired) electrons. The van der Waals surface area contributed by atoms with Crippen LogP contribution in [0.3, 0.4) is 0 Å². The molecule has 0 unspecified atom stereocenters. The molecule has 1 aliphatic heterocycles. The van der Waals surface area contributed by atoms with Crippen molar-refractivity contribution in [3.8, 4) is 0 Å². The van der Waals surface area contributed by atoms with E-state index in [9.17, 15) is 63.3 Å². The molecule has 8 amide bonds. The van der Waals surface area contributed by atoms with Crippen molar-refractivity contribution in [2.75, 3.05) is 26.2 Å². The maximum atomic E-state index is 13.8. The highest BCUT2D eigenvalue weighted by molar-refractivity contribution is 5.98. The van der Waals surface area contributed by atoms with Crippen LogP contribution >= 0.6 is 0 Å². The number of nitrogens with one attached hydrogen (secondary N) is 6. The third-order valence-corrected chi connectivity index (χ3v) is 9.06. The highest BCUT2D eigenvalue weighted by Gasteiger charge is 2.39. The Bertz CT molecular complexity index is 1790. The van der Waals surface area contributed by atoms with Crippen LogP contribution in [0, 0.1) is 0 Å². The fourth-order valence-corrected chi connectivity index (χ4v) is 5.91. The highest BCUT2D eigenvalue weighted by atomic mass is 16.4. The normalized spacial score (nSPS) is 16.2. The first-order valence-corrected chi connectivity index (χ1v) is 19.0. The Labute approximate surface area is 349 Å². The standard InChI is InChI=1S/C36H54N12O13/c1-18(49)29(38)33(58)46-22(14-25(37)50)30(55)43-16-26(51)42-17-27(52)44-20(9-5-11-41-36(39)40)31(56)45-21(13-19-7-3-2-4-8-19)32(57)47-23(15-28(53)54)34(59)48-12-6-10-24(48)35(60)61/h2-4,7-8,18,20-24,29,49H,5-6,9-17,38H2,1H3,(H2,37,50)(H,42,51)(H,43,55)(H,44,52)(H,45,56)(H,46,58)(H,47,57)(H,53,54)(H,60,61)(H4,39,40,41)/t18-,20+,21+,22+,23+,24+,29+/m1/s1. The van der Waals surface area contributed by atoms with Crippen LogP contribution in [-0.2, 0) is 54.4 Å². The van der Waals surface area contributed by atoms with Crippen molar-refractivity contribution in [2.45, 2.75) is 94.2 Å². The van der Waals surface area contributed by atoms with Gasteiger partial charge in [0.05, 0.1) is 32.0 Å². The number of benzene rings is 1. The summed E-state index contributed by atoms with van der Waals surface area (Å²) in [5.74, 6) is -10.7. The summed E-state index contributed by atoms with van der Waals surface area (Å²) in [5, 5.41) is 42.5. The zero-order chi connectivity index (χ0) is 45.8. The fourth-order valence-electron chi connectivity index (χ4n) is 5.91. The molecule has 0 saturated carbocycles. The third-order valence-electron chi connectivity index (χ3n) is 9.06. The highest BCUT2D eigenvalue weighted by Crippen LogP contribution is 2.19. The van der Waals surface area contributed by atoms with Gasteiger partial charge in [-0.3, -0.25) is 48.1 Å². The van der Waals surface area contributed by atoms with Crippen LogP contribution in [0.4, 0.5) is 0 Å². The number of aliphatic hydroxyl groups is 1. The minimum absolute atomic E-state index is 0.0144. The van der Waals surface area contributed by atoms with Crippen LogP contribution in [0.2, 0.25) is 0 Å². The maximum Gasteiger partial charge on any atom is 0.326 e. The second kappa shape index (κ2) is 24.9. The number of carbonyl (C=O) groups is 10. The van der Waals surface area contributed by atoms with Gasteiger partial charge in [-0.25, -0.2) is 4.79 Å². The van der Waals surface area contributed by atoms with E-state index in [1.165, 1.54) is 6.92 Å². The first kappa shape index (κ1) is 50.3. The van der Waals surface area contributed by atoms with E-state index in [4.69, 9.17) is 22.9 Å². The van der Waals surface area contributed by atoms with E-state index in [1.54, 1.807) is 30.3 Å². The molecule has 1 fully saturated rings. The number of nitrogens with two attached hydrogens (primary N) is 4. The molecule has 0 aliphatic carbocycles. The Morgan fingerprint density at radius 3 is 1.97 bits per heavy atom. The summed E-state index contributed by atoms with van der Waals surface area (Å²) in [6.45, 7) is -0.238. The second-order valence-corrected chi connectivity index (χ2v) is 14.0. The van der Waals surface area contributed by atoms with E-state index in [-0.39, 0.29) is 44.7 Å². The van der Waals surface area contributed by atoms with Crippen LogP contribution in [0.25, 0.3) is 0 Å². The minimum Gasteiger partial charge on any atom is -0.481 e. The molecule has 2 rings (SSSR count). The van der Waals surface area contributed by atoms with Gasteiger partial charge in [0.25, 0.3) is 0 Å². The summed E-state index contributed by atoms with van der Waals surface area (Å²) >= 11 is 0. The molecule has 1 heterocycles. The minimum atomic E-state index is -1.70. The third kappa shape index (κ3) is 17.9. The van der Waals surface area contributed by atoms with Crippen molar-refractivity contribution >= 4 is 65.2 Å². The number of primary amides is 1. The molecule has 17 N–H and O–H groups in total. The number of hydrogen-bond acceptors (Lipinski definition) is 13. The van der Waals surface area contributed by atoms with Gasteiger partial charge in [-0.05, 0) is 38.2 Å². The van der Waals surface area contributed by atoms with Crippen LogP contribution in [0.1, 0.15) is 51.0 Å². The monoisotopic (exact) mass is 862 g/mol. The van der Waals surface area contributed by atoms with E-state index in [0.717, 1.165) is 4.90 Å². The largest absolute Gasteiger partial charge is 0.481 e. The zero-order valence-electron chi connectivity index (χ0n) is 33.3. The number of carboxylic acid groups (broad SMARTS) is 2. The van der Waals surface area contributed by atoms with E-state index >= 15 is 0 Å². The first-order valence-electron chi connectivity index (χ1n) is 19.0. The molecule has 0 bridgehead atoms. The molecule has 1 aliphatic rings. The van der Waals surface area contributed by atoms with Gasteiger partial charge in [-0.15, -0.1) is 0 Å². The summed E-state index contributed by atoms with van der Waals surface area (Å²) in [4.78, 5) is 131. The average molecular weight is 863 g/mol. The lowest BCUT2D eigenvalue weighted by Gasteiger charge is -2.28. The Hall–Kier alpha value is -6.89. The number of amides is 8. The molecule has 25 heteroatoms. The Morgan fingerprint density at radius 2 is 1.38 bits per heavy atom. The summed E-state index contributed by atoms with van der Waals surface area (Å²) in [6.07, 6.45) is -2.60. The van der Waals surface area contributed by atoms with Gasteiger partial charge in [0.2, 0.25) is 47.3 Å². The van der Waals surface area contributed by atoms with E-state index in [2.05, 4.69) is 36.9 Å². The van der Waals surface area contributed by atoms with Crippen molar-refractivity contribution in [1.29, 1.82) is 0 Å². The van der Waals surface area contributed by atoms with Gasteiger partial charge in [-0.1, -0.05) is 30.3 Å². The number of hydrogen-bond donors (Lipinski definition) is 13. The van der Waals surface area contributed by atoms with E-state index in [0.29, 0.717) is 12.0 Å². The van der Waals surface area contributed by atoms with Crippen LogP contribution in [0.5, 0.6) is 0 Å². The number of rotatable bonds is 25. The molecule has 1 aromatic rings. The SMILES string of the molecule is C[C@@H](O)[C@H](N)C(=O)N[C@@H](CC(N)=O)C(=O)NCC(=O)NCC(=O)N[C@@H](CCCN=C(N)N)C(=O)N[C@@H](Cc1ccccc1)C(=O)N[C@@H](CC(=O)O)C(=O)N1CCC[C@H]1C(=O)O. The smallest absolute Gasteiger partial charge is 0.326 e. The molecule has 7 atom stereocenters. The number of carboxylic acids is 2. The lowest BCUT2D eigenvalue weighted by molar-refractivity contribution is -0.150. The number of nitrogens with zero attached hydrogens (tertiary/aromatic N) is 2. The molecule has 1 aromatic carbocycles. The molecule has 0 spiro atoms. The van der Waals surface area contributed by atoms with Crippen molar-refractivity contribution in [3.05, 3.63) is 35.9 Å². The average Bonchev–Trinajstić information content (AvgIpc) is 3.69. The topological polar surface area (TPSA) is 423 Å². The van der Waals surface area contributed by atoms with E-state index < -0.39 is 127 Å². The number of likely N-dealkylation sites (tertiary alicyclic amines) is 1. The molecular formula is C36H54N12O13. The number of aliphatic carboxylic acids is 2. The number of guanidine groups is 1. The van der Waals surface area contributed by atoms with Crippen molar-refractivity contribution < 1.29 is 63.3 Å². The molecular weight excluding hydrogens is 808 g/mol. The fraction of sp³-hybridized carbons (Fsp3) is 0.528. The molecule has 61 heavy (non-hydrogen) atoms. The number of aliphatic imine (C=N–C) groups is 1. The Morgan fingerprint density at radius 1 is 0.770 bits per heavy atom. The lowest BCUT2D eigenvalue weighted by atomic mass is 10.0. The maximum absolute atomic E-state index is 13.8. The Kier molecular flexibility index (Phi) is 20.5. The summed E-state index contributed by atoms with van der Waals surface area (Å²) in [7, 11) is 0. The summed E-state index contributed by atoms with van der Waals surface area (Å²) < 4.78 is 0. The van der Waals surface area contributed by atoms with Gasteiger partial charge < -0.3 is 75.1 Å². The molecule has 0 aromatic heterocycles. The van der Waals surface area contributed by atoms with Crippen molar-refractivity contribution in [1.82, 2.24) is 36.8 Å². The number of aliphatic hydroxyl groups excluding tert-OH is 1. The summed E-state index contributed by atoms with van der Waals surface area (Å²) in [5.41, 5.74) is 22.0. The molecule has 336 valence electrons. The Balaban J connectivity index is 2.21.